The van der Waals surface area contributed by atoms with Crippen LogP contribution in [0.1, 0.15) is 25.3 Å². The first-order chi connectivity index (χ1) is 11.2. The minimum Gasteiger partial charge on any atom is -0.375 e. The smallest absolute Gasteiger partial charge is 0.241 e. The lowest BCUT2D eigenvalue weighted by atomic mass is 9.92. The van der Waals surface area contributed by atoms with Gasteiger partial charge in [-0.15, -0.1) is 0 Å². The fraction of sp³-hybridized carbons (Fsp3) is 0.611. The third-order valence-corrected chi connectivity index (χ3v) is 5.58. The van der Waals surface area contributed by atoms with Crippen LogP contribution in [0.3, 0.4) is 0 Å². The Bertz CT molecular complexity index is 606. The number of hydrogen-bond acceptors (Lipinski definition) is 4. The van der Waals surface area contributed by atoms with Crippen molar-refractivity contribution >= 4 is 11.6 Å². The molecule has 0 bridgehead atoms. The predicted octanol–water partition coefficient (Wildman–Crippen LogP) is 1.82. The first-order valence-electron chi connectivity index (χ1n) is 8.56. The number of aryl methyl sites for hydroxylation is 1. The van der Waals surface area contributed by atoms with Crippen molar-refractivity contribution in [1.29, 1.82) is 0 Å². The minimum atomic E-state index is -0.238. The molecule has 3 heterocycles. The van der Waals surface area contributed by atoms with Crippen molar-refractivity contribution in [2.24, 2.45) is 0 Å². The van der Waals surface area contributed by atoms with Crippen LogP contribution in [-0.2, 0) is 20.7 Å². The molecular weight excluding hydrogens is 292 g/mol. The molecule has 0 unspecified atom stereocenters. The van der Waals surface area contributed by atoms with E-state index in [1.54, 1.807) is 0 Å². The Morgan fingerprint density at radius 3 is 3.00 bits per heavy atom. The molecule has 1 aromatic rings. The van der Waals surface area contributed by atoms with Gasteiger partial charge in [0, 0.05) is 31.8 Å². The SMILES string of the molecule is C[C@@H]1OCC[C@]12CN([C@@H]1CCc3ccccc3NC1=O)CCO2. The summed E-state index contributed by atoms with van der Waals surface area (Å²) in [5.41, 5.74) is 1.95. The molecule has 3 aliphatic rings. The number of para-hydroxylation sites is 1. The molecule has 0 aromatic heterocycles. The molecule has 124 valence electrons. The highest BCUT2D eigenvalue weighted by Gasteiger charge is 2.48. The number of hydrogen-bond donors (Lipinski definition) is 1. The molecule has 2 saturated heterocycles. The molecule has 1 N–H and O–H groups in total. The largest absolute Gasteiger partial charge is 0.375 e. The molecular formula is C18H24N2O3. The zero-order valence-electron chi connectivity index (χ0n) is 13.6. The lowest BCUT2D eigenvalue weighted by Crippen LogP contribution is -2.59. The Hall–Kier alpha value is -1.43. The summed E-state index contributed by atoms with van der Waals surface area (Å²) in [6.45, 7) is 5.09. The van der Waals surface area contributed by atoms with Gasteiger partial charge in [0.1, 0.15) is 5.60 Å². The number of carbonyl (C=O) groups is 1. The average molecular weight is 316 g/mol. The summed E-state index contributed by atoms with van der Waals surface area (Å²) in [7, 11) is 0. The summed E-state index contributed by atoms with van der Waals surface area (Å²) >= 11 is 0. The number of anilines is 1. The second-order valence-corrected chi connectivity index (χ2v) is 6.85. The lowest BCUT2D eigenvalue weighted by molar-refractivity contribution is -0.150. The summed E-state index contributed by atoms with van der Waals surface area (Å²) in [5.74, 6) is 0.110. The van der Waals surface area contributed by atoms with Crippen LogP contribution in [0.4, 0.5) is 5.69 Å². The van der Waals surface area contributed by atoms with Gasteiger partial charge in [-0.2, -0.15) is 0 Å². The van der Waals surface area contributed by atoms with Gasteiger partial charge in [-0.1, -0.05) is 18.2 Å². The molecule has 1 spiro atoms. The van der Waals surface area contributed by atoms with E-state index in [1.165, 1.54) is 5.56 Å². The summed E-state index contributed by atoms with van der Waals surface area (Å²) in [4.78, 5) is 15.0. The Morgan fingerprint density at radius 2 is 2.17 bits per heavy atom. The van der Waals surface area contributed by atoms with Crippen LogP contribution in [-0.4, -0.2) is 54.9 Å². The fourth-order valence-corrected chi connectivity index (χ4v) is 4.11. The molecule has 1 amide bonds. The third-order valence-electron chi connectivity index (χ3n) is 5.58. The van der Waals surface area contributed by atoms with Crippen molar-refractivity contribution in [3.05, 3.63) is 29.8 Å². The van der Waals surface area contributed by atoms with Gasteiger partial charge >= 0.3 is 0 Å². The van der Waals surface area contributed by atoms with Crippen LogP contribution in [0.15, 0.2) is 24.3 Å². The lowest BCUT2D eigenvalue weighted by Gasteiger charge is -2.44. The summed E-state index contributed by atoms with van der Waals surface area (Å²) < 4.78 is 11.8. The predicted molar refractivity (Wildman–Crippen MR) is 87.5 cm³/mol. The van der Waals surface area contributed by atoms with Crippen molar-refractivity contribution in [2.45, 2.75) is 43.9 Å². The number of carbonyl (C=O) groups excluding carboxylic acids is 1. The van der Waals surface area contributed by atoms with Crippen LogP contribution in [0, 0.1) is 0 Å². The number of fused-ring (bicyclic) bond motifs is 1. The Kier molecular flexibility index (Phi) is 3.87. The summed E-state index contributed by atoms with van der Waals surface area (Å²) in [6, 6.07) is 8.01. The number of benzene rings is 1. The molecule has 3 aliphatic heterocycles. The first kappa shape index (κ1) is 15.1. The van der Waals surface area contributed by atoms with Crippen LogP contribution >= 0.6 is 0 Å². The number of nitrogens with one attached hydrogen (secondary N) is 1. The van der Waals surface area contributed by atoms with E-state index < -0.39 is 0 Å². The van der Waals surface area contributed by atoms with Gasteiger partial charge in [0.25, 0.3) is 0 Å². The maximum atomic E-state index is 12.7. The van der Waals surface area contributed by atoms with Crippen LogP contribution in [0.5, 0.6) is 0 Å². The van der Waals surface area contributed by atoms with E-state index in [0.717, 1.165) is 44.6 Å². The van der Waals surface area contributed by atoms with Crippen molar-refractivity contribution in [1.82, 2.24) is 4.90 Å². The van der Waals surface area contributed by atoms with Gasteiger partial charge < -0.3 is 14.8 Å². The van der Waals surface area contributed by atoms with Crippen molar-refractivity contribution in [3.8, 4) is 0 Å². The number of ether oxygens (including phenoxy) is 2. The summed E-state index contributed by atoms with van der Waals surface area (Å²) in [6.07, 6.45) is 2.79. The molecule has 23 heavy (non-hydrogen) atoms. The van der Waals surface area contributed by atoms with E-state index >= 15 is 0 Å². The van der Waals surface area contributed by atoms with Crippen LogP contribution in [0.2, 0.25) is 0 Å². The van der Waals surface area contributed by atoms with E-state index in [-0.39, 0.29) is 23.7 Å². The highest BCUT2D eigenvalue weighted by Crippen LogP contribution is 2.35. The maximum absolute atomic E-state index is 12.7. The van der Waals surface area contributed by atoms with Crippen molar-refractivity contribution in [2.75, 3.05) is 31.6 Å². The fourth-order valence-electron chi connectivity index (χ4n) is 4.11. The number of nitrogens with zero attached hydrogens (tertiary/aromatic N) is 1. The average Bonchev–Trinajstić information content (AvgIpc) is 2.80. The topological polar surface area (TPSA) is 50.8 Å². The van der Waals surface area contributed by atoms with E-state index in [4.69, 9.17) is 9.47 Å². The molecule has 4 rings (SSSR count). The van der Waals surface area contributed by atoms with Gasteiger partial charge in [0.15, 0.2) is 0 Å². The Morgan fingerprint density at radius 1 is 1.30 bits per heavy atom. The molecule has 1 aromatic carbocycles. The van der Waals surface area contributed by atoms with E-state index in [1.807, 2.05) is 18.2 Å². The molecule has 2 fully saturated rings. The third kappa shape index (κ3) is 2.67. The Balaban J connectivity index is 1.53. The second-order valence-electron chi connectivity index (χ2n) is 6.85. The molecule has 0 saturated carbocycles. The monoisotopic (exact) mass is 316 g/mol. The maximum Gasteiger partial charge on any atom is 0.241 e. The normalized spacial score (nSPS) is 34.9. The van der Waals surface area contributed by atoms with Gasteiger partial charge in [0.2, 0.25) is 5.91 Å². The first-order valence-corrected chi connectivity index (χ1v) is 8.56. The summed E-state index contributed by atoms with van der Waals surface area (Å²) in [5, 5.41) is 3.11. The number of morpholine rings is 1. The van der Waals surface area contributed by atoms with Gasteiger partial charge in [0.05, 0.1) is 18.8 Å². The standard InChI is InChI=1S/C18H24N2O3/c1-13-18(8-10-22-13)12-20(9-11-23-18)16-7-6-14-4-2-3-5-15(14)19-17(16)21/h2-5,13,16H,6-12H2,1H3,(H,19,21)/t13-,16+,18-/m0/s1. The van der Waals surface area contributed by atoms with Gasteiger partial charge in [-0.3, -0.25) is 9.69 Å². The Labute approximate surface area is 136 Å². The number of amides is 1. The molecule has 0 aliphatic carbocycles. The highest BCUT2D eigenvalue weighted by atomic mass is 16.6. The second kappa shape index (κ2) is 5.89. The zero-order valence-corrected chi connectivity index (χ0v) is 13.6. The van der Waals surface area contributed by atoms with E-state index in [9.17, 15) is 4.79 Å². The van der Waals surface area contributed by atoms with Crippen LogP contribution in [0.25, 0.3) is 0 Å². The molecule has 5 heteroatoms. The molecule has 3 atom stereocenters. The zero-order chi connectivity index (χ0) is 15.9. The van der Waals surface area contributed by atoms with Gasteiger partial charge in [-0.05, 0) is 31.4 Å². The minimum absolute atomic E-state index is 0.0871. The van der Waals surface area contributed by atoms with E-state index in [2.05, 4.69) is 23.2 Å². The van der Waals surface area contributed by atoms with Crippen molar-refractivity contribution in [3.63, 3.8) is 0 Å². The number of rotatable bonds is 1. The molecule has 0 radical (unpaired) electrons. The van der Waals surface area contributed by atoms with Gasteiger partial charge in [-0.25, -0.2) is 0 Å². The van der Waals surface area contributed by atoms with Crippen LogP contribution < -0.4 is 5.32 Å². The van der Waals surface area contributed by atoms with Crippen molar-refractivity contribution < 1.29 is 14.3 Å². The highest BCUT2D eigenvalue weighted by molar-refractivity contribution is 5.96. The quantitative estimate of drug-likeness (QED) is 0.859. The molecule has 5 nitrogen and oxygen atoms in total. The van der Waals surface area contributed by atoms with E-state index in [0.29, 0.717) is 6.61 Å².